The molecule has 0 aromatic heterocycles. The molecule has 1 atom stereocenters. The maximum atomic E-state index is 11.1. The molecule has 1 N–H and O–H groups in total. The van der Waals surface area contributed by atoms with E-state index in [2.05, 4.69) is 23.8 Å². The average molecular weight is 523 g/mol. The number of ether oxygens (including phenoxy) is 1. The number of rotatable bonds is 30. The number of aliphatic hydroxyl groups is 1. The van der Waals surface area contributed by atoms with Crippen LogP contribution < -0.4 is 0 Å². The van der Waals surface area contributed by atoms with Gasteiger partial charge in [0.25, 0.3) is 0 Å². The Bertz CT molecular complexity index is 474. The summed E-state index contributed by atoms with van der Waals surface area (Å²) in [5.41, 5.74) is 0. The zero-order valence-corrected chi connectivity index (χ0v) is 25.3. The summed E-state index contributed by atoms with van der Waals surface area (Å²) < 4.78 is 4.52. The highest BCUT2D eigenvalue weighted by Gasteiger charge is 2.13. The Morgan fingerprint density at radius 1 is 0.541 bits per heavy atom. The summed E-state index contributed by atoms with van der Waals surface area (Å²) >= 11 is 0. The van der Waals surface area contributed by atoms with Crippen LogP contribution in [0, 0.1) is 0 Å². The summed E-state index contributed by atoms with van der Waals surface area (Å²) in [6.45, 7) is 2.30. The highest BCUT2D eigenvalue weighted by molar-refractivity contribution is 5.74. The van der Waals surface area contributed by atoms with E-state index in [-0.39, 0.29) is 0 Å². The van der Waals surface area contributed by atoms with Gasteiger partial charge in [0.15, 0.2) is 6.10 Å². The van der Waals surface area contributed by atoms with Crippen molar-refractivity contribution in [3.05, 3.63) is 12.2 Å². The van der Waals surface area contributed by atoms with Crippen LogP contribution in [0.2, 0.25) is 0 Å². The Morgan fingerprint density at radius 2 is 0.838 bits per heavy atom. The molecule has 3 nitrogen and oxygen atoms in total. The monoisotopic (exact) mass is 523 g/mol. The predicted octanol–water partition coefficient (Wildman–Crippen LogP) is 11.0. The fourth-order valence-corrected chi connectivity index (χ4v) is 5.14. The fraction of sp³-hybridized carbons (Fsp3) is 0.912. The lowest BCUT2D eigenvalue weighted by Crippen LogP contribution is -2.21. The normalized spacial score (nSPS) is 12.4. The molecule has 220 valence electrons. The van der Waals surface area contributed by atoms with Crippen molar-refractivity contribution >= 4 is 5.97 Å². The first-order valence-corrected chi connectivity index (χ1v) is 16.6. The van der Waals surface area contributed by atoms with Crippen molar-refractivity contribution in [2.45, 2.75) is 193 Å². The van der Waals surface area contributed by atoms with Gasteiger partial charge in [0.2, 0.25) is 0 Å². The van der Waals surface area contributed by atoms with Crippen LogP contribution in [-0.2, 0) is 9.53 Å². The van der Waals surface area contributed by atoms with Gasteiger partial charge in [-0.1, -0.05) is 160 Å². The van der Waals surface area contributed by atoms with Gasteiger partial charge in [-0.05, 0) is 38.5 Å². The predicted molar refractivity (Wildman–Crippen MR) is 162 cm³/mol. The van der Waals surface area contributed by atoms with E-state index < -0.39 is 12.1 Å². The Hall–Kier alpha value is -0.830. The van der Waals surface area contributed by atoms with Crippen molar-refractivity contribution in [2.75, 3.05) is 7.11 Å². The first-order chi connectivity index (χ1) is 18.2. The molecule has 0 spiro atoms. The van der Waals surface area contributed by atoms with Crippen LogP contribution in [0.4, 0.5) is 0 Å². The van der Waals surface area contributed by atoms with Gasteiger partial charge < -0.3 is 9.84 Å². The SMILES string of the molecule is CCCCCCCCCCCCCCCCCCCCCCCCC/C=C/CCCCC(O)C(=O)OC. The summed E-state index contributed by atoms with van der Waals surface area (Å²) in [5.74, 6) is -0.518. The minimum atomic E-state index is -0.956. The molecule has 0 aromatic rings. The second-order valence-electron chi connectivity index (χ2n) is 11.4. The number of carbonyl (C=O) groups is 1. The van der Waals surface area contributed by atoms with Crippen LogP contribution in [-0.4, -0.2) is 24.3 Å². The zero-order valence-electron chi connectivity index (χ0n) is 25.3. The van der Waals surface area contributed by atoms with Gasteiger partial charge in [-0.2, -0.15) is 0 Å². The lowest BCUT2D eigenvalue weighted by atomic mass is 10.0. The lowest BCUT2D eigenvalue weighted by Gasteiger charge is -2.06. The minimum Gasteiger partial charge on any atom is -0.467 e. The molecule has 0 saturated carbocycles. The molecule has 0 aliphatic carbocycles. The number of carbonyl (C=O) groups excluding carboxylic acids is 1. The van der Waals surface area contributed by atoms with Crippen molar-refractivity contribution in [2.24, 2.45) is 0 Å². The molecule has 0 saturated heterocycles. The van der Waals surface area contributed by atoms with Gasteiger partial charge in [0.1, 0.15) is 0 Å². The Labute approximate surface area is 232 Å². The lowest BCUT2D eigenvalue weighted by molar-refractivity contribution is -0.150. The number of hydrogen-bond acceptors (Lipinski definition) is 3. The molecule has 0 aromatic carbocycles. The molecular weight excluding hydrogens is 456 g/mol. The van der Waals surface area contributed by atoms with Crippen LogP contribution in [0.15, 0.2) is 12.2 Å². The van der Waals surface area contributed by atoms with Crippen molar-refractivity contribution in [3.63, 3.8) is 0 Å². The van der Waals surface area contributed by atoms with Gasteiger partial charge >= 0.3 is 5.97 Å². The smallest absolute Gasteiger partial charge is 0.334 e. The maximum absolute atomic E-state index is 11.1. The molecule has 0 fully saturated rings. The second kappa shape index (κ2) is 31.4. The third-order valence-electron chi connectivity index (χ3n) is 7.71. The molecule has 0 aliphatic heterocycles. The minimum absolute atomic E-state index is 0.500. The van der Waals surface area contributed by atoms with E-state index in [9.17, 15) is 9.90 Å². The van der Waals surface area contributed by atoms with E-state index in [1.54, 1.807) is 0 Å². The van der Waals surface area contributed by atoms with Crippen LogP contribution in [0.5, 0.6) is 0 Å². The number of methoxy groups -OCH3 is 1. The highest BCUT2D eigenvalue weighted by Crippen LogP contribution is 2.16. The molecule has 0 heterocycles. The molecular formula is C34H66O3. The number of allylic oxidation sites excluding steroid dienone is 2. The number of unbranched alkanes of at least 4 members (excludes halogenated alkanes) is 25. The number of hydrogen-bond donors (Lipinski definition) is 1. The highest BCUT2D eigenvalue weighted by atomic mass is 16.5. The molecule has 0 rings (SSSR count). The number of aliphatic hydroxyl groups excluding tert-OH is 1. The average Bonchev–Trinajstić information content (AvgIpc) is 2.91. The second-order valence-corrected chi connectivity index (χ2v) is 11.4. The van der Waals surface area contributed by atoms with E-state index >= 15 is 0 Å². The van der Waals surface area contributed by atoms with E-state index in [0.717, 1.165) is 19.3 Å². The number of esters is 1. The molecule has 1 unspecified atom stereocenters. The van der Waals surface area contributed by atoms with Crippen LogP contribution in [0.3, 0.4) is 0 Å². The third-order valence-corrected chi connectivity index (χ3v) is 7.71. The maximum Gasteiger partial charge on any atom is 0.334 e. The first kappa shape index (κ1) is 36.2. The van der Waals surface area contributed by atoms with E-state index in [1.165, 1.54) is 161 Å². The fourth-order valence-electron chi connectivity index (χ4n) is 5.14. The standard InChI is InChI=1S/C34H66O3/c1-3-4-5-6-7-8-9-10-11-12-13-14-15-16-17-18-19-20-21-22-23-24-25-26-27-28-29-30-31-32-33(35)34(36)37-2/h27-28,33,35H,3-26,29-32H2,1-2H3/b28-27+. The Balaban J connectivity index is 3.13. The summed E-state index contributed by atoms with van der Waals surface area (Å²) in [6, 6.07) is 0. The summed E-state index contributed by atoms with van der Waals surface area (Å²) in [4.78, 5) is 11.1. The summed E-state index contributed by atoms with van der Waals surface area (Å²) in [7, 11) is 1.32. The van der Waals surface area contributed by atoms with Crippen molar-refractivity contribution in [3.8, 4) is 0 Å². The first-order valence-electron chi connectivity index (χ1n) is 16.6. The molecule has 0 radical (unpaired) electrons. The van der Waals surface area contributed by atoms with Gasteiger partial charge in [-0.3, -0.25) is 0 Å². The third kappa shape index (κ3) is 29.6. The molecule has 0 amide bonds. The van der Waals surface area contributed by atoms with Crippen LogP contribution in [0.25, 0.3) is 0 Å². The van der Waals surface area contributed by atoms with Gasteiger partial charge in [0.05, 0.1) is 7.11 Å². The van der Waals surface area contributed by atoms with Crippen molar-refractivity contribution < 1.29 is 14.6 Å². The van der Waals surface area contributed by atoms with E-state index in [0.29, 0.717) is 6.42 Å². The largest absolute Gasteiger partial charge is 0.467 e. The Kier molecular flexibility index (Phi) is 30.7. The molecule has 3 heteroatoms. The topological polar surface area (TPSA) is 46.5 Å². The van der Waals surface area contributed by atoms with E-state index in [1.807, 2.05) is 0 Å². The van der Waals surface area contributed by atoms with Crippen molar-refractivity contribution in [1.82, 2.24) is 0 Å². The zero-order chi connectivity index (χ0) is 27.1. The van der Waals surface area contributed by atoms with E-state index in [4.69, 9.17) is 0 Å². The molecule has 0 bridgehead atoms. The summed E-state index contributed by atoms with van der Waals surface area (Å²) in [6.07, 6.45) is 41.2. The van der Waals surface area contributed by atoms with Gasteiger partial charge in [-0.15, -0.1) is 0 Å². The molecule has 0 aliphatic rings. The van der Waals surface area contributed by atoms with Crippen LogP contribution in [0.1, 0.15) is 187 Å². The summed E-state index contributed by atoms with van der Waals surface area (Å²) in [5, 5.41) is 9.53. The van der Waals surface area contributed by atoms with Crippen molar-refractivity contribution in [1.29, 1.82) is 0 Å². The van der Waals surface area contributed by atoms with Gasteiger partial charge in [0, 0.05) is 0 Å². The Morgan fingerprint density at radius 3 is 1.16 bits per heavy atom. The van der Waals surface area contributed by atoms with Crippen LogP contribution >= 0.6 is 0 Å². The molecule has 37 heavy (non-hydrogen) atoms. The van der Waals surface area contributed by atoms with Gasteiger partial charge in [-0.25, -0.2) is 4.79 Å². The quantitative estimate of drug-likeness (QED) is 0.0579.